The van der Waals surface area contributed by atoms with E-state index >= 15 is 0 Å². The molecule has 0 unspecified atom stereocenters. The molecule has 0 aromatic rings. The molecule has 0 spiro atoms. The standard InChI is InChI=1S/C13H21N3O2/c14-12(17)10-15-6-3-7-16(9-8-15)13(18)11-4-1-2-5-11/h4H,1-3,5-10H2,(H2,14,17). The van der Waals surface area contributed by atoms with Crippen LogP contribution in [0.4, 0.5) is 0 Å². The van der Waals surface area contributed by atoms with Gasteiger partial charge in [0.15, 0.2) is 0 Å². The maximum Gasteiger partial charge on any atom is 0.249 e. The van der Waals surface area contributed by atoms with E-state index in [1.165, 1.54) is 0 Å². The second-order valence-corrected chi connectivity index (χ2v) is 5.01. The number of rotatable bonds is 3. The Kier molecular flexibility index (Phi) is 4.36. The number of nitrogens with zero attached hydrogens (tertiary/aromatic N) is 2. The molecule has 2 N–H and O–H groups in total. The zero-order valence-electron chi connectivity index (χ0n) is 10.7. The SMILES string of the molecule is NC(=O)CN1CCCN(C(=O)C2=CCCC2)CC1. The molecule has 0 aromatic carbocycles. The maximum atomic E-state index is 12.2. The molecule has 1 heterocycles. The molecule has 0 saturated carbocycles. The van der Waals surface area contributed by atoms with Crippen LogP contribution in [0.5, 0.6) is 0 Å². The number of carbonyl (C=O) groups is 2. The highest BCUT2D eigenvalue weighted by molar-refractivity contribution is 5.93. The molecule has 0 atom stereocenters. The van der Waals surface area contributed by atoms with Crippen molar-refractivity contribution < 1.29 is 9.59 Å². The fourth-order valence-corrected chi connectivity index (χ4v) is 2.62. The Labute approximate surface area is 108 Å². The largest absolute Gasteiger partial charge is 0.369 e. The van der Waals surface area contributed by atoms with Crippen molar-refractivity contribution in [1.29, 1.82) is 0 Å². The molecule has 2 rings (SSSR count). The summed E-state index contributed by atoms with van der Waals surface area (Å²) in [7, 11) is 0. The van der Waals surface area contributed by atoms with Gasteiger partial charge in [-0.25, -0.2) is 0 Å². The molecule has 1 aliphatic heterocycles. The Morgan fingerprint density at radius 1 is 1.17 bits per heavy atom. The van der Waals surface area contributed by atoms with Crippen LogP contribution in [-0.2, 0) is 9.59 Å². The van der Waals surface area contributed by atoms with E-state index in [-0.39, 0.29) is 11.8 Å². The molecule has 5 nitrogen and oxygen atoms in total. The number of hydrogen-bond donors (Lipinski definition) is 1. The Bertz CT molecular complexity index is 365. The number of carbonyl (C=O) groups excluding carboxylic acids is 2. The molecule has 18 heavy (non-hydrogen) atoms. The van der Waals surface area contributed by atoms with E-state index in [1.54, 1.807) is 0 Å². The molecule has 2 amide bonds. The van der Waals surface area contributed by atoms with Gasteiger partial charge in [-0.1, -0.05) is 6.08 Å². The monoisotopic (exact) mass is 251 g/mol. The lowest BCUT2D eigenvalue weighted by Gasteiger charge is -2.21. The molecule has 100 valence electrons. The lowest BCUT2D eigenvalue weighted by atomic mass is 10.2. The smallest absolute Gasteiger partial charge is 0.249 e. The van der Waals surface area contributed by atoms with Crippen molar-refractivity contribution in [2.45, 2.75) is 25.7 Å². The molecule has 2 aliphatic rings. The summed E-state index contributed by atoms with van der Waals surface area (Å²) < 4.78 is 0. The van der Waals surface area contributed by atoms with Crippen LogP contribution in [-0.4, -0.2) is 54.3 Å². The third-order valence-electron chi connectivity index (χ3n) is 3.57. The van der Waals surface area contributed by atoms with Gasteiger partial charge >= 0.3 is 0 Å². The fraction of sp³-hybridized carbons (Fsp3) is 0.692. The summed E-state index contributed by atoms with van der Waals surface area (Å²) in [5, 5.41) is 0. The van der Waals surface area contributed by atoms with Crippen LogP contribution < -0.4 is 5.73 Å². The second kappa shape index (κ2) is 6.00. The van der Waals surface area contributed by atoms with Gasteiger partial charge in [-0.05, 0) is 25.7 Å². The third kappa shape index (κ3) is 3.32. The van der Waals surface area contributed by atoms with Gasteiger partial charge < -0.3 is 10.6 Å². The molecule has 0 aromatic heterocycles. The Balaban J connectivity index is 1.88. The van der Waals surface area contributed by atoms with Crippen LogP contribution in [0.2, 0.25) is 0 Å². The highest BCUT2D eigenvalue weighted by Gasteiger charge is 2.23. The van der Waals surface area contributed by atoms with E-state index in [0.29, 0.717) is 13.1 Å². The quantitative estimate of drug-likeness (QED) is 0.774. The van der Waals surface area contributed by atoms with Gasteiger partial charge in [0.1, 0.15) is 0 Å². The normalized spacial score (nSPS) is 21.6. The molecular formula is C13H21N3O2. The molecule has 1 saturated heterocycles. The van der Waals surface area contributed by atoms with Gasteiger partial charge in [-0.2, -0.15) is 0 Å². The zero-order valence-corrected chi connectivity index (χ0v) is 10.7. The first kappa shape index (κ1) is 13.1. The topological polar surface area (TPSA) is 66.6 Å². The third-order valence-corrected chi connectivity index (χ3v) is 3.57. The van der Waals surface area contributed by atoms with Crippen LogP contribution >= 0.6 is 0 Å². The number of nitrogens with two attached hydrogens (primary N) is 1. The van der Waals surface area contributed by atoms with Gasteiger partial charge in [-0.3, -0.25) is 14.5 Å². The summed E-state index contributed by atoms with van der Waals surface area (Å²) in [5.74, 6) is -0.110. The molecule has 0 radical (unpaired) electrons. The number of primary amides is 1. The van der Waals surface area contributed by atoms with E-state index in [1.807, 2.05) is 9.80 Å². The summed E-state index contributed by atoms with van der Waals surface area (Å²) in [6.07, 6.45) is 6.02. The van der Waals surface area contributed by atoms with Gasteiger partial charge in [0, 0.05) is 31.8 Å². The predicted molar refractivity (Wildman–Crippen MR) is 68.8 cm³/mol. The molecular weight excluding hydrogens is 230 g/mol. The van der Waals surface area contributed by atoms with E-state index < -0.39 is 0 Å². The highest BCUT2D eigenvalue weighted by atomic mass is 16.2. The lowest BCUT2D eigenvalue weighted by molar-refractivity contribution is -0.127. The van der Waals surface area contributed by atoms with Gasteiger partial charge in [0.05, 0.1) is 6.54 Å². The summed E-state index contributed by atoms with van der Waals surface area (Å²) in [4.78, 5) is 27.1. The Hall–Kier alpha value is -1.36. The van der Waals surface area contributed by atoms with Crippen molar-refractivity contribution in [3.8, 4) is 0 Å². The van der Waals surface area contributed by atoms with E-state index in [2.05, 4.69) is 6.08 Å². The average molecular weight is 251 g/mol. The number of allylic oxidation sites excluding steroid dienone is 1. The van der Waals surface area contributed by atoms with Crippen molar-refractivity contribution in [2.75, 3.05) is 32.7 Å². The number of amides is 2. The van der Waals surface area contributed by atoms with Crippen LogP contribution in [0.15, 0.2) is 11.6 Å². The minimum atomic E-state index is -0.298. The van der Waals surface area contributed by atoms with Gasteiger partial charge in [0.25, 0.3) is 0 Å². The van der Waals surface area contributed by atoms with Gasteiger partial charge in [0.2, 0.25) is 11.8 Å². The van der Waals surface area contributed by atoms with Crippen LogP contribution in [0.25, 0.3) is 0 Å². The minimum absolute atomic E-state index is 0.188. The maximum absolute atomic E-state index is 12.2. The van der Waals surface area contributed by atoms with E-state index in [0.717, 1.165) is 50.9 Å². The average Bonchev–Trinajstić information content (AvgIpc) is 2.76. The van der Waals surface area contributed by atoms with Crippen molar-refractivity contribution in [1.82, 2.24) is 9.80 Å². The first-order chi connectivity index (χ1) is 8.66. The first-order valence-corrected chi connectivity index (χ1v) is 6.66. The first-order valence-electron chi connectivity index (χ1n) is 6.66. The highest BCUT2D eigenvalue weighted by Crippen LogP contribution is 2.20. The summed E-state index contributed by atoms with van der Waals surface area (Å²) >= 11 is 0. The molecule has 5 heteroatoms. The Morgan fingerprint density at radius 3 is 2.67 bits per heavy atom. The van der Waals surface area contributed by atoms with Crippen molar-refractivity contribution in [3.05, 3.63) is 11.6 Å². The van der Waals surface area contributed by atoms with Crippen molar-refractivity contribution in [2.24, 2.45) is 5.73 Å². The lowest BCUT2D eigenvalue weighted by Crippen LogP contribution is -2.38. The summed E-state index contributed by atoms with van der Waals surface area (Å²) in [5.41, 5.74) is 6.17. The zero-order chi connectivity index (χ0) is 13.0. The van der Waals surface area contributed by atoms with Crippen molar-refractivity contribution >= 4 is 11.8 Å². The second-order valence-electron chi connectivity index (χ2n) is 5.01. The summed E-state index contributed by atoms with van der Waals surface area (Å²) in [6, 6.07) is 0. The van der Waals surface area contributed by atoms with Gasteiger partial charge in [-0.15, -0.1) is 0 Å². The van der Waals surface area contributed by atoms with Crippen LogP contribution in [0.3, 0.4) is 0 Å². The van der Waals surface area contributed by atoms with Crippen molar-refractivity contribution in [3.63, 3.8) is 0 Å². The Morgan fingerprint density at radius 2 is 2.00 bits per heavy atom. The predicted octanol–water partition coefficient (Wildman–Crippen LogP) is 0.116. The molecule has 1 aliphatic carbocycles. The minimum Gasteiger partial charge on any atom is -0.369 e. The molecule has 0 bridgehead atoms. The van der Waals surface area contributed by atoms with Crippen LogP contribution in [0.1, 0.15) is 25.7 Å². The molecule has 1 fully saturated rings. The fourth-order valence-electron chi connectivity index (χ4n) is 2.62. The summed E-state index contributed by atoms with van der Waals surface area (Å²) in [6.45, 7) is 3.35. The number of hydrogen-bond acceptors (Lipinski definition) is 3. The van der Waals surface area contributed by atoms with E-state index in [4.69, 9.17) is 5.73 Å². The van der Waals surface area contributed by atoms with E-state index in [9.17, 15) is 9.59 Å². The van der Waals surface area contributed by atoms with Crippen LogP contribution in [0, 0.1) is 0 Å².